The lowest BCUT2D eigenvalue weighted by Crippen LogP contribution is -2.21. The van der Waals surface area contributed by atoms with Crippen molar-refractivity contribution in [2.45, 2.75) is 27.7 Å². The number of carbonyl (C=O) groups is 2. The van der Waals surface area contributed by atoms with Crippen LogP contribution in [0, 0.1) is 20.8 Å². The highest BCUT2D eigenvalue weighted by atomic mass is 35.5. The number of carbonyl (C=O) groups excluding carboxylic acids is 2. The van der Waals surface area contributed by atoms with Crippen molar-refractivity contribution >= 4 is 29.2 Å². The molecule has 2 aromatic carbocycles. The van der Waals surface area contributed by atoms with Gasteiger partial charge in [-0.3, -0.25) is 4.79 Å². The lowest BCUT2D eigenvalue weighted by molar-refractivity contribution is -0.118. The highest BCUT2D eigenvalue weighted by Crippen LogP contribution is 2.32. The summed E-state index contributed by atoms with van der Waals surface area (Å²) in [5, 5.41) is 2.87. The molecule has 0 fully saturated rings. The second-order valence-electron chi connectivity index (χ2n) is 6.24. The monoisotopic (exact) mass is 405 g/mol. The first-order valence-electron chi connectivity index (χ1n) is 8.82. The molecule has 0 aliphatic rings. The molecule has 0 aromatic heterocycles. The molecule has 0 unspecified atom stereocenters. The van der Waals surface area contributed by atoms with E-state index < -0.39 is 5.97 Å². The summed E-state index contributed by atoms with van der Waals surface area (Å²) in [7, 11) is 1.42. The van der Waals surface area contributed by atoms with Gasteiger partial charge in [0, 0.05) is 6.07 Å². The van der Waals surface area contributed by atoms with Crippen LogP contribution in [-0.4, -0.2) is 32.2 Å². The number of hydrogen-bond donors (Lipinski definition) is 1. The van der Waals surface area contributed by atoms with Gasteiger partial charge in [0.1, 0.15) is 17.1 Å². The summed E-state index contributed by atoms with van der Waals surface area (Å²) in [5.74, 6) is 0.0157. The van der Waals surface area contributed by atoms with Gasteiger partial charge >= 0.3 is 5.97 Å². The third-order valence-corrected chi connectivity index (χ3v) is 4.59. The lowest BCUT2D eigenvalue weighted by atomic mass is 10.1. The van der Waals surface area contributed by atoms with Crippen LogP contribution in [0.2, 0.25) is 5.02 Å². The topological polar surface area (TPSA) is 73.9 Å². The summed E-state index contributed by atoms with van der Waals surface area (Å²) in [6.45, 7) is 7.62. The van der Waals surface area contributed by atoms with Gasteiger partial charge in [0.15, 0.2) is 6.61 Å². The molecule has 0 saturated heterocycles. The molecule has 0 aliphatic heterocycles. The van der Waals surface area contributed by atoms with Gasteiger partial charge in [-0.25, -0.2) is 4.79 Å². The number of rotatable bonds is 7. The van der Waals surface area contributed by atoms with E-state index in [4.69, 9.17) is 25.8 Å². The number of halogens is 1. The Bertz CT molecular complexity index is 895. The molecule has 1 N–H and O–H groups in total. The average molecular weight is 406 g/mol. The van der Waals surface area contributed by atoms with Crippen LogP contribution in [0.5, 0.6) is 11.5 Å². The van der Waals surface area contributed by atoms with Crippen LogP contribution in [0.25, 0.3) is 0 Å². The summed E-state index contributed by atoms with van der Waals surface area (Å²) >= 11 is 6.22. The number of nitrogens with one attached hydrogen (secondary N) is 1. The average Bonchev–Trinajstić information content (AvgIpc) is 2.66. The first kappa shape index (κ1) is 21.6. The molecule has 0 bridgehead atoms. The normalized spacial score (nSPS) is 10.4. The number of amides is 1. The fourth-order valence-corrected chi connectivity index (χ4v) is 2.87. The van der Waals surface area contributed by atoms with E-state index in [1.807, 2.05) is 32.9 Å². The zero-order valence-corrected chi connectivity index (χ0v) is 17.4. The SMILES string of the molecule is CCOC(=O)c1cc(Cl)c(NC(=O)COc2c(C)ccc(C)c2C)cc1OC. The highest BCUT2D eigenvalue weighted by Gasteiger charge is 2.18. The molecule has 0 aliphatic carbocycles. The maximum absolute atomic E-state index is 12.3. The van der Waals surface area contributed by atoms with Crippen LogP contribution in [0.3, 0.4) is 0 Å². The smallest absolute Gasteiger partial charge is 0.341 e. The molecule has 1 amide bonds. The van der Waals surface area contributed by atoms with Crippen molar-refractivity contribution in [2.75, 3.05) is 25.6 Å². The fourth-order valence-electron chi connectivity index (χ4n) is 2.66. The van der Waals surface area contributed by atoms with E-state index in [0.717, 1.165) is 16.7 Å². The number of esters is 1. The van der Waals surface area contributed by atoms with E-state index in [1.165, 1.54) is 19.2 Å². The Morgan fingerprint density at radius 2 is 1.79 bits per heavy atom. The van der Waals surface area contributed by atoms with Gasteiger partial charge in [-0.2, -0.15) is 0 Å². The summed E-state index contributed by atoms with van der Waals surface area (Å²) in [6, 6.07) is 6.85. The fraction of sp³-hybridized carbons (Fsp3) is 0.333. The predicted molar refractivity (Wildman–Crippen MR) is 109 cm³/mol. The van der Waals surface area contributed by atoms with E-state index >= 15 is 0 Å². The van der Waals surface area contributed by atoms with E-state index in [0.29, 0.717) is 11.4 Å². The van der Waals surface area contributed by atoms with Crippen molar-refractivity contribution in [3.05, 3.63) is 51.5 Å². The molecular weight excluding hydrogens is 382 g/mol. The molecule has 7 heteroatoms. The standard InChI is InChI=1S/C21H24ClNO5/c1-6-27-21(25)15-9-16(22)17(10-18(15)26-5)23-19(24)11-28-20-13(3)8-7-12(2)14(20)4/h7-10H,6,11H2,1-5H3,(H,23,24). The quantitative estimate of drug-likeness (QED) is 0.688. The van der Waals surface area contributed by atoms with Gasteiger partial charge in [0.2, 0.25) is 0 Å². The Morgan fingerprint density at radius 1 is 1.11 bits per heavy atom. The maximum atomic E-state index is 12.3. The highest BCUT2D eigenvalue weighted by molar-refractivity contribution is 6.34. The minimum Gasteiger partial charge on any atom is -0.496 e. The molecular formula is C21H24ClNO5. The predicted octanol–water partition coefficient (Wildman–Crippen LogP) is 4.47. The van der Waals surface area contributed by atoms with Gasteiger partial charge in [-0.05, 0) is 50.5 Å². The van der Waals surface area contributed by atoms with E-state index in [-0.39, 0.29) is 35.5 Å². The second-order valence-corrected chi connectivity index (χ2v) is 6.65. The minimum atomic E-state index is -0.548. The van der Waals surface area contributed by atoms with Crippen LogP contribution in [0.1, 0.15) is 34.0 Å². The van der Waals surface area contributed by atoms with Gasteiger partial charge in [0.05, 0.1) is 24.4 Å². The van der Waals surface area contributed by atoms with Crippen LogP contribution in [0.4, 0.5) is 5.69 Å². The number of aryl methyl sites for hydroxylation is 2. The van der Waals surface area contributed by atoms with Crippen molar-refractivity contribution in [1.29, 1.82) is 0 Å². The molecule has 2 aromatic rings. The van der Waals surface area contributed by atoms with Crippen LogP contribution in [0.15, 0.2) is 24.3 Å². The van der Waals surface area contributed by atoms with E-state index in [1.54, 1.807) is 6.92 Å². The Balaban J connectivity index is 2.14. The second kappa shape index (κ2) is 9.46. The van der Waals surface area contributed by atoms with Crippen molar-refractivity contribution in [2.24, 2.45) is 0 Å². The Morgan fingerprint density at radius 3 is 2.43 bits per heavy atom. The molecule has 2 rings (SSSR count). The van der Waals surface area contributed by atoms with E-state index in [9.17, 15) is 9.59 Å². The molecule has 0 saturated carbocycles. The van der Waals surface area contributed by atoms with Crippen LogP contribution in [-0.2, 0) is 9.53 Å². The molecule has 0 heterocycles. The van der Waals surface area contributed by atoms with Gasteiger partial charge in [-0.1, -0.05) is 23.7 Å². The molecule has 6 nitrogen and oxygen atoms in total. The number of ether oxygens (including phenoxy) is 3. The summed E-state index contributed by atoms with van der Waals surface area (Å²) in [6.07, 6.45) is 0. The third-order valence-electron chi connectivity index (χ3n) is 4.28. The first-order chi connectivity index (χ1) is 13.3. The molecule has 150 valence electrons. The number of anilines is 1. The number of methoxy groups -OCH3 is 1. The largest absolute Gasteiger partial charge is 0.496 e. The summed E-state index contributed by atoms with van der Waals surface area (Å²) in [4.78, 5) is 24.3. The number of benzene rings is 2. The van der Waals surface area contributed by atoms with Crippen molar-refractivity contribution in [1.82, 2.24) is 0 Å². The minimum absolute atomic E-state index is 0.177. The van der Waals surface area contributed by atoms with Crippen LogP contribution >= 0.6 is 11.6 Å². The van der Waals surface area contributed by atoms with Crippen LogP contribution < -0.4 is 14.8 Å². The first-order valence-corrected chi connectivity index (χ1v) is 9.20. The molecule has 0 spiro atoms. The van der Waals surface area contributed by atoms with Crippen molar-refractivity contribution < 1.29 is 23.8 Å². The molecule has 28 heavy (non-hydrogen) atoms. The summed E-state index contributed by atoms with van der Waals surface area (Å²) in [5.41, 5.74) is 3.54. The lowest BCUT2D eigenvalue weighted by Gasteiger charge is -2.15. The Hall–Kier alpha value is -2.73. The van der Waals surface area contributed by atoms with Crippen molar-refractivity contribution in [3.8, 4) is 11.5 Å². The van der Waals surface area contributed by atoms with Gasteiger partial charge in [-0.15, -0.1) is 0 Å². The molecule has 0 atom stereocenters. The Labute approximate surface area is 169 Å². The van der Waals surface area contributed by atoms with E-state index in [2.05, 4.69) is 5.32 Å². The van der Waals surface area contributed by atoms with Crippen molar-refractivity contribution in [3.63, 3.8) is 0 Å². The van der Waals surface area contributed by atoms with Gasteiger partial charge in [0.25, 0.3) is 5.91 Å². The summed E-state index contributed by atoms with van der Waals surface area (Å²) < 4.78 is 15.9. The Kier molecular flexibility index (Phi) is 7.29. The molecule has 0 radical (unpaired) electrons. The maximum Gasteiger partial charge on any atom is 0.341 e. The zero-order chi connectivity index (χ0) is 20.8. The van der Waals surface area contributed by atoms with Gasteiger partial charge < -0.3 is 19.5 Å². The zero-order valence-electron chi connectivity index (χ0n) is 16.6. The third kappa shape index (κ3) is 4.95. The number of hydrogen-bond acceptors (Lipinski definition) is 5.